The molecule has 2 aromatic rings. The van der Waals surface area contributed by atoms with Crippen LogP contribution in [0.5, 0.6) is 0 Å². The summed E-state index contributed by atoms with van der Waals surface area (Å²) in [6.45, 7) is 1.70. The van der Waals surface area contributed by atoms with Gasteiger partial charge in [-0.15, -0.1) is 0 Å². The Labute approximate surface area is 134 Å². The number of nitrogens with one attached hydrogen (secondary N) is 1. The highest BCUT2D eigenvalue weighted by Gasteiger charge is 2.29. The average Bonchev–Trinajstić information content (AvgIpc) is 2.50. The minimum atomic E-state index is -0.182. The van der Waals surface area contributed by atoms with Crippen LogP contribution in [0.25, 0.3) is 0 Å². The molecule has 1 aliphatic heterocycles. The standard InChI is InChI=1S/C17H16Cl2FN/c18-12-3-1-2-11(8-12)16-10-21-7-6-14(16)15-9-13(19)4-5-17(15)20/h1-5,8-9,14,16,21H,6-7,10H2. The van der Waals surface area contributed by atoms with Crippen LogP contribution in [0.15, 0.2) is 42.5 Å². The van der Waals surface area contributed by atoms with Crippen molar-refractivity contribution in [2.75, 3.05) is 13.1 Å². The van der Waals surface area contributed by atoms with Crippen LogP contribution >= 0.6 is 23.2 Å². The summed E-state index contributed by atoms with van der Waals surface area (Å²) in [6, 6.07) is 12.6. The van der Waals surface area contributed by atoms with Crippen molar-refractivity contribution in [3.05, 3.63) is 69.5 Å². The lowest BCUT2D eigenvalue weighted by Crippen LogP contribution is -2.34. The van der Waals surface area contributed by atoms with E-state index in [9.17, 15) is 4.39 Å². The van der Waals surface area contributed by atoms with Gasteiger partial charge < -0.3 is 5.32 Å². The molecule has 0 amide bonds. The molecule has 1 nitrogen and oxygen atoms in total. The van der Waals surface area contributed by atoms with Gasteiger partial charge >= 0.3 is 0 Å². The van der Waals surface area contributed by atoms with Crippen molar-refractivity contribution in [1.82, 2.24) is 5.32 Å². The fourth-order valence-corrected chi connectivity index (χ4v) is 3.50. The predicted molar refractivity (Wildman–Crippen MR) is 85.8 cm³/mol. The number of hydrogen-bond acceptors (Lipinski definition) is 1. The number of benzene rings is 2. The first-order valence-corrected chi connectivity index (χ1v) is 7.82. The highest BCUT2D eigenvalue weighted by Crippen LogP contribution is 2.39. The first kappa shape index (κ1) is 14.8. The zero-order valence-electron chi connectivity index (χ0n) is 11.5. The second kappa shape index (κ2) is 6.35. The zero-order valence-corrected chi connectivity index (χ0v) is 13.0. The van der Waals surface area contributed by atoms with Gasteiger partial charge in [-0.05, 0) is 60.3 Å². The fourth-order valence-electron chi connectivity index (χ4n) is 3.12. The molecule has 0 bridgehead atoms. The summed E-state index contributed by atoms with van der Waals surface area (Å²) in [7, 11) is 0. The molecule has 0 radical (unpaired) electrons. The van der Waals surface area contributed by atoms with E-state index in [2.05, 4.69) is 11.4 Å². The molecule has 3 rings (SSSR count). The number of hydrogen-bond donors (Lipinski definition) is 1. The van der Waals surface area contributed by atoms with Crippen LogP contribution in [0, 0.1) is 5.82 Å². The lowest BCUT2D eigenvalue weighted by molar-refractivity contribution is 0.393. The van der Waals surface area contributed by atoms with Crippen molar-refractivity contribution in [2.24, 2.45) is 0 Å². The Kier molecular flexibility index (Phi) is 4.48. The molecule has 1 saturated heterocycles. The molecule has 0 spiro atoms. The van der Waals surface area contributed by atoms with E-state index >= 15 is 0 Å². The minimum absolute atomic E-state index is 0.114. The van der Waals surface area contributed by atoms with Crippen molar-refractivity contribution in [3.63, 3.8) is 0 Å². The second-order valence-corrected chi connectivity index (χ2v) is 6.30. The third kappa shape index (κ3) is 3.23. The van der Waals surface area contributed by atoms with Crippen molar-refractivity contribution < 1.29 is 4.39 Å². The van der Waals surface area contributed by atoms with Crippen LogP contribution in [-0.4, -0.2) is 13.1 Å². The summed E-state index contributed by atoms with van der Waals surface area (Å²) in [5.41, 5.74) is 1.84. The van der Waals surface area contributed by atoms with Gasteiger partial charge in [0.1, 0.15) is 5.82 Å². The summed E-state index contributed by atoms with van der Waals surface area (Å²) < 4.78 is 14.2. The molecule has 4 heteroatoms. The van der Waals surface area contributed by atoms with E-state index in [1.54, 1.807) is 12.1 Å². The van der Waals surface area contributed by atoms with Gasteiger partial charge in [-0.1, -0.05) is 35.3 Å². The third-order valence-electron chi connectivity index (χ3n) is 4.12. The highest BCUT2D eigenvalue weighted by atomic mass is 35.5. The van der Waals surface area contributed by atoms with Crippen LogP contribution in [-0.2, 0) is 0 Å². The quantitative estimate of drug-likeness (QED) is 0.820. The largest absolute Gasteiger partial charge is 0.316 e. The second-order valence-electron chi connectivity index (χ2n) is 5.43. The number of halogens is 3. The van der Waals surface area contributed by atoms with E-state index in [4.69, 9.17) is 23.2 Å². The van der Waals surface area contributed by atoms with Gasteiger partial charge in [0.2, 0.25) is 0 Å². The summed E-state index contributed by atoms with van der Waals surface area (Å²) in [4.78, 5) is 0. The van der Waals surface area contributed by atoms with E-state index in [1.807, 2.05) is 18.2 Å². The third-order valence-corrected chi connectivity index (χ3v) is 4.59. The molecule has 0 saturated carbocycles. The van der Waals surface area contributed by atoms with Gasteiger partial charge in [0.15, 0.2) is 0 Å². The Balaban J connectivity index is 2.00. The monoisotopic (exact) mass is 323 g/mol. The van der Waals surface area contributed by atoms with Crippen molar-refractivity contribution in [2.45, 2.75) is 18.3 Å². The topological polar surface area (TPSA) is 12.0 Å². The van der Waals surface area contributed by atoms with Crippen LogP contribution in [0.4, 0.5) is 4.39 Å². The molecule has 2 unspecified atom stereocenters. The smallest absolute Gasteiger partial charge is 0.126 e. The van der Waals surface area contributed by atoms with Crippen LogP contribution in [0.2, 0.25) is 10.0 Å². The zero-order chi connectivity index (χ0) is 14.8. The fraction of sp³-hybridized carbons (Fsp3) is 0.294. The summed E-state index contributed by atoms with van der Waals surface area (Å²) in [5, 5.41) is 4.68. The van der Waals surface area contributed by atoms with Gasteiger partial charge in [0.05, 0.1) is 0 Å². The summed E-state index contributed by atoms with van der Waals surface area (Å²) in [6.07, 6.45) is 0.883. The molecule has 0 aliphatic carbocycles. The molecular formula is C17H16Cl2FN. The highest BCUT2D eigenvalue weighted by molar-refractivity contribution is 6.30. The van der Waals surface area contributed by atoms with Crippen molar-refractivity contribution in [3.8, 4) is 0 Å². The first-order valence-electron chi connectivity index (χ1n) is 7.06. The molecular weight excluding hydrogens is 308 g/mol. The molecule has 1 N–H and O–H groups in total. The number of piperidine rings is 1. The molecule has 21 heavy (non-hydrogen) atoms. The molecule has 1 fully saturated rings. The molecule has 0 aromatic heterocycles. The maximum Gasteiger partial charge on any atom is 0.126 e. The van der Waals surface area contributed by atoms with Crippen LogP contribution in [0.1, 0.15) is 29.4 Å². The van der Waals surface area contributed by atoms with Crippen molar-refractivity contribution >= 4 is 23.2 Å². The van der Waals surface area contributed by atoms with E-state index < -0.39 is 0 Å². The Hall–Kier alpha value is -1.09. The Morgan fingerprint density at radius 3 is 2.62 bits per heavy atom. The lowest BCUT2D eigenvalue weighted by Gasteiger charge is -2.33. The van der Waals surface area contributed by atoms with Gasteiger partial charge in [-0.3, -0.25) is 0 Å². The maximum atomic E-state index is 14.2. The summed E-state index contributed by atoms with van der Waals surface area (Å²) in [5.74, 6) is 0.132. The lowest BCUT2D eigenvalue weighted by atomic mass is 9.77. The van der Waals surface area contributed by atoms with E-state index in [0.717, 1.165) is 25.1 Å². The Morgan fingerprint density at radius 1 is 1.00 bits per heavy atom. The Bertz CT molecular complexity index is 644. The Morgan fingerprint density at radius 2 is 1.81 bits per heavy atom. The van der Waals surface area contributed by atoms with Gasteiger partial charge in [-0.25, -0.2) is 4.39 Å². The molecule has 2 aromatic carbocycles. The number of rotatable bonds is 2. The predicted octanol–water partition coefficient (Wildman–Crippen LogP) is 4.99. The average molecular weight is 324 g/mol. The van der Waals surface area contributed by atoms with E-state index in [1.165, 1.54) is 6.07 Å². The minimum Gasteiger partial charge on any atom is -0.316 e. The SMILES string of the molecule is Fc1ccc(Cl)cc1C1CCNCC1c1cccc(Cl)c1. The molecule has 110 valence electrons. The summed E-state index contributed by atoms with van der Waals surface area (Å²) >= 11 is 12.2. The van der Waals surface area contributed by atoms with E-state index in [0.29, 0.717) is 15.6 Å². The van der Waals surface area contributed by atoms with Crippen molar-refractivity contribution in [1.29, 1.82) is 0 Å². The first-order chi connectivity index (χ1) is 10.1. The van der Waals surface area contributed by atoms with Gasteiger partial charge in [0, 0.05) is 22.5 Å². The normalized spacial score (nSPS) is 22.2. The van der Waals surface area contributed by atoms with Crippen LogP contribution in [0.3, 0.4) is 0 Å². The molecule has 1 heterocycles. The molecule has 2 atom stereocenters. The van der Waals surface area contributed by atoms with Gasteiger partial charge in [0.25, 0.3) is 0 Å². The maximum absolute atomic E-state index is 14.2. The molecule has 1 aliphatic rings. The van der Waals surface area contributed by atoms with Gasteiger partial charge in [-0.2, -0.15) is 0 Å². The van der Waals surface area contributed by atoms with Crippen LogP contribution < -0.4 is 5.32 Å². The van der Waals surface area contributed by atoms with E-state index in [-0.39, 0.29) is 17.7 Å².